The fourth-order valence-electron chi connectivity index (χ4n) is 4.00. The fraction of sp³-hybridized carbons (Fsp3) is 0.364. The first-order valence-corrected chi connectivity index (χ1v) is 10.6. The fourth-order valence-corrected chi connectivity index (χ4v) is 4.42. The monoisotopic (exact) mass is 461 g/mol. The average molecular weight is 462 g/mol. The number of nitrogens with two attached hydrogens (primary N) is 1. The van der Waals surface area contributed by atoms with Gasteiger partial charge in [0.05, 0.1) is 18.5 Å². The zero-order valence-electron chi connectivity index (χ0n) is 16.0. The number of carbonyl (C=O) groups excluding carboxylic acids is 2. The lowest BCUT2D eigenvalue weighted by Crippen LogP contribution is -2.38. The zero-order valence-corrected chi connectivity index (χ0v) is 17.6. The molecule has 0 spiro atoms. The summed E-state index contributed by atoms with van der Waals surface area (Å²) >= 11 is 3.41. The molecular formula is C22H25BrFN3O2. The Bertz CT molecular complexity index is 853. The maximum atomic E-state index is 13.4. The van der Waals surface area contributed by atoms with Crippen molar-refractivity contribution in [3.63, 3.8) is 0 Å². The molecule has 0 saturated heterocycles. The van der Waals surface area contributed by atoms with E-state index in [-0.39, 0.29) is 24.2 Å². The van der Waals surface area contributed by atoms with Gasteiger partial charge in [-0.15, -0.1) is 0 Å². The van der Waals surface area contributed by atoms with Crippen LogP contribution >= 0.6 is 15.9 Å². The van der Waals surface area contributed by atoms with E-state index in [0.717, 1.165) is 41.3 Å². The quantitative estimate of drug-likeness (QED) is 0.556. The van der Waals surface area contributed by atoms with Gasteiger partial charge in [-0.2, -0.15) is 0 Å². The second-order valence-corrected chi connectivity index (χ2v) is 8.38. The third-order valence-corrected chi connectivity index (χ3v) is 5.87. The Morgan fingerprint density at radius 1 is 1.07 bits per heavy atom. The summed E-state index contributed by atoms with van der Waals surface area (Å²) in [5, 5.41) is 5.77. The smallest absolute Gasteiger partial charge is 0.312 e. The van der Waals surface area contributed by atoms with E-state index in [2.05, 4.69) is 26.6 Å². The molecule has 154 valence electrons. The van der Waals surface area contributed by atoms with Crippen LogP contribution in [-0.4, -0.2) is 11.9 Å². The van der Waals surface area contributed by atoms with E-state index in [0.29, 0.717) is 5.92 Å². The highest BCUT2D eigenvalue weighted by Gasteiger charge is 2.29. The topological polar surface area (TPSA) is 84.2 Å². The van der Waals surface area contributed by atoms with Gasteiger partial charge in [-0.25, -0.2) is 9.18 Å². The molecule has 2 aromatic rings. The molecule has 0 radical (unpaired) electrons. The highest BCUT2D eigenvalue weighted by atomic mass is 79.9. The van der Waals surface area contributed by atoms with Crippen LogP contribution in [0.2, 0.25) is 0 Å². The van der Waals surface area contributed by atoms with E-state index in [1.165, 1.54) is 12.1 Å². The van der Waals surface area contributed by atoms with Gasteiger partial charge in [-0.05, 0) is 54.2 Å². The molecule has 1 aliphatic rings. The highest BCUT2D eigenvalue weighted by molar-refractivity contribution is 9.10. The van der Waals surface area contributed by atoms with E-state index in [1.54, 1.807) is 12.1 Å². The normalized spacial score (nSPS) is 16.2. The van der Waals surface area contributed by atoms with Gasteiger partial charge in [0.15, 0.2) is 0 Å². The van der Waals surface area contributed by atoms with Crippen molar-refractivity contribution in [2.24, 2.45) is 11.7 Å². The summed E-state index contributed by atoms with van der Waals surface area (Å²) in [5.74, 6) is -0.173. The van der Waals surface area contributed by atoms with E-state index in [4.69, 9.17) is 5.73 Å². The third kappa shape index (κ3) is 6.03. The number of hydrogen-bond donors (Lipinski definition) is 3. The first kappa shape index (κ1) is 21.3. The molecule has 1 saturated carbocycles. The van der Waals surface area contributed by atoms with E-state index >= 15 is 0 Å². The number of rotatable bonds is 7. The second kappa shape index (κ2) is 9.87. The molecule has 1 aliphatic carbocycles. The van der Waals surface area contributed by atoms with Crippen LogP contribution in [0.1, 0.15) is 55.3 Å². The maximum absolute atomic E-state index is 13.4. The van der Waals surface area contributed by atoms with Crippen LogP contribution in [-0.2, 0) is 4.79 Å². The molecule has 29 heavy (non-hydrogen) atoms. The largest absolute Gasteiger partial charge is 0.352 e. The van der Waals surface area contributed by atoms with Crippen LogP contribution in [0.5, 0.6) is 0 Å². The molecule has 0 aromatic heterocycles. The van der Waals surface area contributed by atoms with Crippen molar-refractivity contribution in [2.45, 2.75) is 44.2 Å². The molecular weight excluding hydrogens is 437 g/mol. The number of halogens is 2. The minimum Gasteiger partial charge on any atom is -0.352 e. The first-order valence-electron chi connectivity index (χ1n) is 9.78. The maximum Gasteiger partial charge on any atom is 0.312 e. The lowest BCUT2D eigenvalue weighted by atomic mass is 9.91. The molecule has 0 unspecified atom stereocenters. The third-order valence-electron chi connectivity index (χ3n) is 5.37. The van der Waals surface area contributed by atoms with Gasteiger partial charge in [0.1, 0.15) is 5.82 Å². The SMILES string of the molecule is NC(=O)N[C@H](CC(=O)N[C@@H](c1ccc(F)cc1)C1CCCC1)c1cccc(Br)c1. The first-order chi connectivity index (χ1) is 13.9. The van der Waals surface area contributed by atoms with E-state index in [1.807, 2.05) is 24.3 Å². The van der Waals surface area contributed by atoms with Gasteiger partial charge in [-0.3, -0.25) is 4.79 Å². The van der Waals surface area contributed by atoms with Crippen LogP contribution in [0.15, 0.2) is 53.0 Å². The average Bonchev–Trinajstić information content (AvgIpc) is 3.20. The minimum atomic E-state index is -0.686. The molecule has 0 heterocycles. The van der Waals surface area contributed by atoms with Crippen molar-refractivity contribution in [1.29, 1.82) is 0 Å². The molecule has 5 nitrogen and oxygen atoms in total. The molecule has 4 N–H and O–H groups in total. The van der Waals surface area contributed by atoms with Crippen LogP contribution < -0.4 is 16.4 Å². The summed E-state index contributed by atoms with van der Waals surface area (Å²) in [6.45, 7) is 0. The number of primary amides is 1. The summed E-state index contributed by atoms with van der Waals surface area (Å²) in [6, 6.07) is 12.3. The van der Waals surface area contributed by atoms with Crippen molar-refractivity contribution in [1.82, 2.24) is 10.6 Å². The van der Waals surface area contributed by atoms with E-state index in [9.17, 15) is 14.0 Å². The number of carbonyl (C=O) groups is 2. The van der Waals surface area contributed by atoms with Gasteiger partial charge in [0.2, 0.25) is 5.91 Å². The Kier molecular flexibility index (Phi) is 7.25. The molecule has 1 fully saturated rings. The lowest BCUT2D eigenvalue weighted by molar-refractivity contribution is -0.122. The number of nitrogens with one attached hydrogen (secondary N) is 2. The molecule has 0 aliphatic heterocycles. The lowest BCUT2D eigenvalue weighted by Gasteiger charge is -2.27. The van der Waals surface area contributed by atoms with Crippen molar-refractivity contribution >= 4 is 27.9 Å². The van der Waals surface area contributed by atoms with Gasteiger partial charge in [0.25, 0.3) is 0 Å². The zero-order chi connectivity index (χ0) is 20.8. The predicted octanol–water partition coefficient (Wildman–Crippen LogP) is 4.74. The standard InChI is InChI=1S/C22H25BrFN3O2/c23-17-7-3-6-16(12-17)19(26-22(25)29)13-20(28)27-21(14-4-1-2-5-14)15-8-10-18(24)11-9-15/h3,6-12,14,19,21H,1-2,4-5,13H2,(H,27,28)(H3,25,26,29)/t19-,21-/m1/s1. The van der Waals surface area contributed by atoms with Crippen molar-refractivity contribution < 1.29 is 14.0 Å². The van der Waals surface area contributed by atoms with Crippen LogP contribution in [0.3, 0.4) is 0 Å². The Labute approximate surface area is 178 Å². The van der Waals surface area contributed by atoms with Crippen LogP contribution in [0.4, 0.5) is 9.18 Å². The number of hydrogen-bond acceptors (Lipinski definition) is 2. The Hall–Kier alpha value is -2.41. The van der Waals surface area contributed by atoms with Crippen LogP contribution in [0, 0.1) is 11.7 Å². The molecule has 2 atom stereocenters. The summed E-state index contributed by atoms with van der Waals surface area (Å²) in [7, 11) is 0. The summed E-state index contributed by atoms with van der Waals surface area (Å²) < 4.78 is 14.2. The van der Waals surface area contributed by atoms with Crippen molar-refractivity contribution in [3.05, 3.63) is 69.9 Å². The molecule has 3 amide bonds. The summed E-state index contributed by atoms with van der Waals surface area (Å²) in [5.41, 5.74) is 7.00. The van der Waals surface area contributed by atoms with Gasteiger partial charge >= 0.3 is 6.03 Å². The summed E-state index contributed by atoms with van der Waals surface area (Å²) in [6.07, 6.45) is 4.36. The molecule has 3 rings (SSSR count). The van der Waals surface area contributed by atoms with Gasteiger partial charge in [0, 0.05) is 4.47 Å². The molecule has 7 heteroatoms. The summed E-state index contributed by atoms with van der Waals surface area (Å²) in [4.78, 5) is 24.4. The predicted molar refractivity (Wildman–Crippen MR) is 113 cm³/mol. The molecule has 0 bridgehead atoms. The second-order valence-electron chi connectivity index (χ2n) is 7.46. The number of amides is 3. The van der Waals surface area contributed by atoms with E-state index < -0.39 is 12.1 Å². The van der Waals surface area contributed by atoms with Crippen molar-refractivity contribution in [3.8, 4) is 0 Å². The van der Waals surface area contributed by atoms with Crippen LogP contribution in [0.25, 0.3) is 0 Å². The Morgan fingerprint density at radius 3 is 2.38 bits per heavy atom. The number of urea groups is 1. The minimum absolute atomic E-state index is 0.0593. The van der Waals surface area contributed by atoms with Crippen molar-refractivity contribution in [2.75, 3.05) is 0 Å². The van der Waals surface area contributed by atoms with Gasteiger partial charge in [-0.1, -0.05) is 53.0 Å². The van der Waals surface area contributed by atoms with Gasteiger partial charge < -0.3 is 16.4 Å². The highest BCUT2D eigenvalue weighted by Crippen LogP contribution is 2.36. The number of benzene rings is 2. The Morgan fingerprint density at radius 2 is 1.76 bits per heavy atom. The molecule has 2 aromatic carbocycles. The Balaban J connectivity index is 1.76.